The number of nitrogens with one attached hydrogen (secondary N) is 1. The molecular formula is C12H19N3O3S. The highest BCUT2D eigenvalue weighted by Crippen LogP contribution is 2.23. The maximum absolute atomic E-state index is 12.3. The Balaban J connectivity index is 3.17. The van der Waals surface area contributed by atoms with E-state index in [9.17, 15) is 13.2 Å². The van der Waals surface area contributed by atoms with Crippen LogP contribution in [0.5, 0.6) is 0 Å². The molecule has 0 aliphatic heterocycles. The number of aryl methyl sites for hydroxylation is 1. The summed E-state index contributed by atoms with van der Waals surface area (Å²) in [5.41, 5.74) is 7.86. The molecular weight excluding hydrogens is 266 g/mol. The van der Waals surface area contributed by atoms with E-state index in [1.807, 2.05) is 6.92 Å². The zero-order chi connectivity index (χ0) is 14.8. The number of amides is 1. The summed E-state index contributed by atoms with van der Waals surface area (Å²) in [6.45, 7) is 3.39. The second kappa shape index (κ2) is 5.58. The van der Waals surface area contributed by atoms with E-state index < -0.39 is 10.0 Å². The molecule has 1 rings (SSSR count). The largest absolute Gasteiger partial charge is 0.398 e. The number of rotatable bonds is 4. The molecule has 1 aromatic rings. The summed E-state index contributed by atoms with van der Waals surface area (Å²) in [6, 6.07) is 2.97. The lowest BCUT2D eigenvalue weighted by Gasteiger charge is -2.17. The number of hydrogen-bond acceptors (Lipinski definition) is 4. The average Bonchev–Trinajstić information content (AvgIpc) is 2.34. The molecule has 1 aromatic carbocycles. The zero-order valence-electron chi connectivity index (χ0n) is 11.5. The van der Waals surface area contributed by atoms with Gasteiger partial charge in [0.15, 0.2) is 0 Å². The SMILES string of the molecule is CNC(=O)CN(C)S(=O)(=O)c1cc(C)c(C)c(N)c1. The van der Waals surface area contributed by atoms with E-state index in [1.54, 1.807) is 13.0 Å². The summed E-state index contributed by atoms with van der Waals surface area (Å²) in [5.74, 6) is -0.372. The molecule has 0 fully saturated rings. The number of likely N-dealkylation sites (N-methyl/N-ethyl adjacent to an activating group) is 2. The van der Waals surface area contributed by atoms with E-state index in [0.717, 1.165) is 15.4 Å². The van der Waals surface area contributed by atoms with Crippen LogP contribution in [0.25, 0.3) is 0 Å². The first-order valence-corrected chi connectivity index (χ1v) is 7.17. The number of sulfonamides is 1. The van der Waals surface area contributed by atoms with Crippen molar-refractivity contribution in [3.63, 3.8) is 0 Å². The Morgan fingerprint density at radius 3 is 2.42 bits per heavy atom. The maximum atomic E-state index is 12.3. The lowest BCUT2D eigenvalue weighted by Crippen LogP contribution is -2.36. The number of nitrogens with two attached hydrogens (primary N) is 1. The second-order valence-corrected chi connectivity index (χ2v) is 6.43. The minimum atomic E-state index is -3.71. The van der Waals surface area contributed by atoms with E-state index in [1.165, 1.54) is 20.2 Å². The molecule has 0 aliphatic rings. The molecule has 0 spiro atoms. The van der Waals surface area contributed by atoms with Gasteiger partial charge in [0, 0.05) is 19.8 Å². The smallest absolute Gasteiger partial charge is 0.243 e. The summed E-state index contributed by atoms with van der Waals surface area (Å²) in [5, 5.41) is 2.38. The molecule has 19 heavy (non-hydrogen) atoms. The van der Waals surface area contributed by atoms with E-state index in [4.69, 9.17) is 5.73 Å². The third-order valence-electron chi connectivity index (χ3n) is 3.03. The van der Waals surface area contributed by atoms with Crippen LogP contribution in [0.3, 0.4) is 0 Å². The predicted octanol–water partition coefficient (Wildman–Crippen LogP) is 0.252. The van der Waals surface area contributed by atoms with Crippen molar-refractivity contribution in [2.45, 2.75) is 18.7 Å². The van der Waals surface area contributed by atoms with Crippen LogP contribution in [0, 0.1) is 13.8 Å². The van der Waals surface area contributed by atoms with Crippen molar-refractivity contribution in [3.8, 4) is 0 Å². The fourth-order valence-electron chi connectivity index (χ4n) is 1.55. The van der Waals surface area contributed by atoms with Gasteiger partial charge in [-0.1, -0.05) is 0 Å². The Kier molecular flexibility index (Phi) is 4.54. The predicted molar refractivity (Wildman–Crippen MR) is 74.2 cm³/mol. The lowest BCUT2D eigenvalue weighted by molar-refractivity contribution is -0.120. The van der Waals surface area contributed by atoms with Crippen LogP contribution in [0.1, 0.15) is 11.1 Å². The first-order valence-electron chi connectivity index (χ1n) is 5.73. The number of hydrogen-bond donors (Lipinski definition) is 2. The van der Waals surface area contributed by atoms with Crippen molar-refractivity contribution in [1.82, 2.24) is 9.62 Å². The van der Waals surface area contributed by atoms with E-state index in [2.05, 4.69) is 5.32 Å². The Bertz CT molecular complexity index is 573. The molecule has 0 saturated carbocycles. The normalized spacial score (nSPS) is 11.6. The number of nitrogens with zero attached hydrogens (tertiary/aromatic N) is 1. The topological polar surface area (TPSA) is 92.5 Å². The summed E-state index contributed by atoms with van der Waals surface area (Å²) < 4.78 is 25.6. The summed E-state index contributed by atoms with van der Waals surface area (Å²) in [7, 11) is -0.901. The fourth-order valence-corrected chi connectivity index (χ4v) is 2.80. The van der Waals surface area contributed by atoms with Crippen LogP contribution in [0.4, 0.5) is 5.69 Å². The maximum Gasteiger partial charge on any atom is 0.243 e. The van der Waals surface area contributed by atoms with Crippen molar-refractivity contribution in [1.29, 1.82) is 0 Å². The minimum Gasteiger partial charge on any atom is -0.398 e. The first-order chi connectivity index (χ1) is 8.70. The van der Waals surface area contributed by atoms with Gasteiger partial charge in [0.05, 0.1) is 11.4 Å². The van der Waals surface area contributed by atoms with Gasteiger partial charge in [0.1, 0.15) is 0 Å². The van der Waals surface area contributed by atoms with Gasteiger partial charge >= 0.3 is 0 Å². The van der Waals surface area contributed by atoms with E-state index >= 15 is 0 Å². The summed E-state index contributed by atoms with van der Waals surface area (Å²) >= 11 is 0. The van der Waals surface area contributed by atoms with Crippen LogP contribution >= 0.6 is 0 Å². The van der Waals surface area contributed by atoms with E-state index in [0.29, 0.717) is 5.69 Å². The molecule has 106 valence electrons. The average molecular weight is 285 g/mol. The summed E-state index contributed by atoms with van der Waals surface area (Å²) in [6.07, 6.45) is 0. The van der Waals surface area contributed by atoms with Crippen LogP contribution in [0.2, 0.25) is 0 Å². The lowest BCUT2D eigenvalue weighted by atomic mass is 10.1. The molecule has 0 aromatic heterocycles. The van der Waals surface area contributed by atoms with Crippen molar-refractivity contribution < 1.29 is 13.2 Å². The molecule has 0 radical (unpaired) electrons. The van der Waals surface area contributed by atoms with Gasteiger partial charge in [-0.2, -0.15) is 4.31 Å². The zero-order valence-corrected chi connectivity index (χ0v) is 12.3. The van der Waals surface area contributed by atoms with Crippen LogP contribution in [-0.2, 0) is 14.8 Å². The number of nitrogen functional groups attached to an aromatic ring is 1. The number of carbonyl (C=O) groups excluding carboxylic acids is 1. The molecule has 0 saturated heterocycles. The number of benzene rings is 1. The third kappa shape index (κ3) is 3.24. The summed E-state index contributed by atoms with van der Waals surface area (Å²) in [4.78, 5) is 11.3. The molecule has 1 amide bonds. The van der Waals surface area contributed by atoms with Crippen LogP contribution in [0.15, 0.2) is 17.0 Å². The monoisotopic (exact) mass is 285 g/mol. The van der Waals surface area contributed by atoms with Gasteiger partial charge in [0.2, 0.25) is 15.9 Å². The van der Waals surface area contributed by atoms with Crippen molar-refractivity contribution in [2.24, 2.45) is 0 Å². The highest BCUT2D eigenvalue weighted by molar-refractivity contribution is 7.89. The van der Waals surface area contributed by atoms with Crippen molar-refractivity contribution in [3.05, 3.63) is 23.3 Å². The Hall–Kier alpha value is -1.60. The van der Waals surface area contributed by atoms with Gasteiger partial charge in [-0.25, -0.2) is 8.42 Å². The Labute approximate surface area is 113 Å². The van der Waals surface area contributed by atoms with Gasteiger partial charge < -0.3 is 11.1 Å². The molecule has 6 nitrogen and oxygen atoms in total. The first kappa shape index (κ1) is 15.5. The number of anilines is 1. The molecule has 0 heterocycles. The molecule has 3 N–H and O–H groups in total. The standard InChI is InChI=1S/C12H19N3O3S/c1-8-5-10(6-11(13)9(8)2)19(17,18)15(4)7-12(16)14-3/h5-6H,7,13H2,1-4H3,(H,14,16). The van der Waals surface area contributed by atoms with Crippen molar-refractivity contribution in [2.75, 3.05) is 26.4 Å². The molecule has 0 aliphatic carbocycles. The molecule has 7 heteroatoms. The second-order valence-electron chi connectivity index (χ2n) is 4.39. The Morgan fingerprint density at radius 1 is 1.37 bits per heavy atom. The Morgan fingerprint density at radius 2 is 1.95 bits per heavy atom. The molecule has 0 unspecified atom stereocenters. The fraction of sp³-hybridized carbons (Fsp3) is 0.417. The third-order valence-corrected chi connectivity index (χ3v) is 4.82. The minimum absolute atomic E-state index is 0.0968. The highest BCUT2D eigenvalue weighted by Gasteiger charge is 2.23. The van der Waals surface area contributed by atoms with Gasteiger partial charge in [0.25, 0.3) is 0 Å². The quantitative estimate of drug-likeness (QED) is 0.776. The molecule has 0 bridgehead atoms. The number of carbonyl (C=O) groups is 1. The van der Waals surface area contributed by atoms with Crippen molar-refractivity contribution >= 4 is 21.6 Å². The van der Waals surface area contributed by atoms with Gasteiger partial charge in [-0.05, 0) is 37.1 Å². The van der Waals surface area contributed by atoms with Gasteiger partial charge in [-0.3, -0.25) is 4.79 Å². The highest BCUT2D eigenvalue weighted by atomic mass is 32.2. The van der Waals surface area contributed by atoms with E-state index in [-0.39, 0.29) is 17.3 Å². The van der Waals surface area contributed by atoms with Crippen LogP contribution in [-0.4, -0.2) is 39.3 Å². The molecule has 0 atom stereocenters. The van der Waals surface area contributed by atoms with Gasteiger partial charge in [-0.15, -0.1) is 0 Å². The van der Waals surface area contributed by atoms with Crippen LogP contribution < -0.4 is 11.1 Å².